The molecule has 2 N–H and O–H groups in total. The highest BCUT2D eigenvalue weighted by Gasteiger charge is 2.38. The van der Waals surface area contributed by atoms with E-state index in [-0.39, 0.29) is 18.1 Å². The van der Waals surface area contributed by atoms with Gasteiger partial charge in [0, 0.05) is 29.6 Å². The van der Waals surface area contributed by atoms with Crippen LogP contribution in [0, 0.1) is 5.41 Å². The molecule has 0 spiro atoms. The van der Waals surface area contributed by atoms with E-state index in [1.807, 2.05) is 0 Å². The second kappa shape index (κ2) is 7.63. The van der Waals surface area contributed by atoms with Crippen LogP contribution in [0.1, 0.15) is 38.1 Å². The zero-order valence-electron chi connectivity index (χ0n) is 14.9. The fraction of sp³-hybridized carbons (Fsp3) is 0.500. The predicted molar refractivity (Wildman–Crippen MR) is 97.7 cm³/mol. The van der Waals surface area contributed by atoms with Gasteiger partial charge in [0.15, 0.2) is 0 Å². The van der Waals surface area contributed by atoms with Crippen molar-refractivity contribution in [1.29, 1.82) is 0 Å². The van der Waals surface area contributed by atoms with Crippen LogP contribution in [0.15, 0.2) is 28.8 Å². The normalized spacial score (nSPS) is 16.6. The van der Waals surface area contributed by atoms with Crippen LogP contribution in [0.25, 0.3) is 11.4 Å². The van der Waals surface area contributed by atoms with Crippen LogP contribution in [0.5, 0.6) is 0 Å². The van der Waals surface area contributed by atoms with Crippen LogP contribution in [-0.4, -0.2) is 46.4 Å². The molecule has 140 valence electrons. The second-order valence-electron chi connectivity index (χ2n) is 7.00. The molecule has 0 saturated heterocycles. The SMILES string of the molecule is C[C@@H](NC(=O)N(C)CC1(CO)CCC1)c1nc(-c2ccc(Cl)cc2)no1. The molecule has 1 saturated carbocycles. The number of urea groups is 1. The summed E-state index contributed by atoms with van der Waals surface area (Å²) in [6, 6.07) is 6.46. The van der Waals surface area contributed by atoms with Crippen LogP contribution in [0.3, 0.4) is 0 Å². The lowest BCUT2D eigenvalue weighted by atomic mass is 9.69. The number of nitrogens with zero attached hydrogens (tertiary/aromatic N) is 3. The largest absolute Gasteiger partial charge is 0.396 e. The maximum atomic E-state index is 12.4. The van der Waals surface area contributed by atoms with E-state index >= 15 is 0 Å². The molecule has 2 aromatic rings. The molecule has 3 rings (SSSR count). The molecule has 7 nitrogen and oxygen atoms in total. The first-order chi connectivity index (χ1) is 12.4. The summed E-state index contributed by atoms with van der Waals surface area (Å²) in [7, 11) is 1.73. The van der Waals surface area contributed by atoms with E-state index < -0.39 is 6.04 Å². The van der Waals surface area contributed by atoms with Crippen molar-refractivity contribution in [3.05, 3.63) is 35.2 Å². The van der Waals surface area contributed by atoms with Crippen molar-refractivity contribution in [3.8, 4) is 11.4 Å². The number of hydrogen-bond acceptors (Lipinski definition) is 5. The molecule has 1 aromatic heterocycles. The number of aromatic nitrogens is 2. The Hall–Kier alpha value is -2.12. The van der Waals surface area contributed by atoms with Crippen LogP contribution in [0.4, 0.5) is 4.79 Å². The minimum absolute atomic E-state index is 0.105. The first-order valence-electron chi connectivity index (χ1n) is 8.64. The zero-order chi connectivity index (χ0) is 18.7. The second-order valence-corrected chi connectivity index (χ2v) is 7.44. The Morgan fingerprint density at radius 3 is 2.69 bits per heavy atom. The highest BCUT2D eigenvalue weighted by atomic mass is 35.5. The number of carbonyl (C=O) groups excluding carboxylic acids is 1. The fourth-order valence-corrected chi connectivity index (χ4v) is 3.23. The minimum atomic E-state index is -0.426. The summed E-state index contributed by atoms with van der Waals surface area (Å²) >= 11 is 5.88. The predicted octanol–water partition coefficient (Wildman–Crippen LogP) is 3.26. The van der Waals surface area contributed by atoms with Gasteiger partial charge in [0.2, 0.25) is 11.7 Å². The summed E-state index contributed by atoms with van der Waals surface area (Å²) in [6.45, 7) is 2.42. The number of nitrogens with one attached hydrogen (secondary N) is 1. The Balaban J connectivity index is 1.60. The topological polar surface area (TPSA) is 91.5 Å². The van der Waals surface area contributed by atoms with Gasteiger partial charge in [0.05, 0.1) is 6.61 Å². The van der Waals surface area contributed by atoms with Crippen molar-refractivity contribution in [2.24, 2.45) is 5.41 Å². The Labute approximate surface area is 157 Å². The van der Waals surface area contributed by atoms with Gasteiger partial charge >= 0.3 is 6.03 Å². The van der Waals surface area contributed by atoms with Gasteiger partial charge in [-0.2, -0.15) is 4.98 Å². The average Bonchev–Trinajstić information content (AvgIpc) is 3.08. The van der Waals surface area contributed by atoms with Gasteiger partial charge in [0.1, 0.15) is 6.04 Å². The van der Waals surface area contributed by atoms with Gasteiger partial charge in [-0.3, -0.25) is 0 Å². The molecule has 1 aromatic carbocycles. The minimum Gasteiger partial charge on any atom is -0.396 e. The molecule has 0 unspecified atom stereocenters. The molecule has 1 heterocycles. The molecular weight excluding hydrogens is 356 g/mol. The van der Waals surface area contributed by atoms with E-state index in [9.17, 15) is 9.90 Å². The van der Waals surface area contributed by atoms with E-state index in [0.717, 1.165) is 24.8 Å². The fourth-order valence-electron chi connectivity index (χ4n) is 3.10. The van der Waals surface area contributed by atoms with Crippen molar-refractivity contribution in [2.45, 2.75) is 32.2 Å². The Bertz CT molecular complexity index is 753. The molecule has 0 aliphatic heterocycles. The standard InChI is InChI=1S/C18H23ClN4O3/c1-12(20-17(25)23(2)10-18(11-24)8-3-9-18)16-21-15(22-26-16)13-4-6-14(19)7-5-13/h4-7,12,24H,3,8-11H2,1-2H3,(H,20,25)/t12-/m1/s1. The molecular formula is C18H23ClN4O3. The van der Waals surface area contributed by atoms with Gasteiger partial charge in [-0.05, 0) is 44.0 Å². The van der Waals surface area contributed by atoms with Crippen LogP contribution in [0.2, 0.25) is 5.02 Å². The van der Waals surface area contributed by atoms with Gasteiger partial charge in [-0.1, -0.05) is 23.2 Å². The lowest BCUT2D eigenvalue weighted by molar-refractivity contribution is 0.0226. The van der Waals surface area contributed by atoms with Crippen molar-refractivity contribution in [2.75, 3.05) is 20.2 Å². The van der Waals surface area contributed by atoms with Gasteiger partial charge in [0.25, 0.3) is 0 Å². The third-order valence-electron chi connectivity index (χ3n) is 4.92. The number of benzene rings is 1. The Morgan fingerprint density at radius 1 is 1.42 bits per heavy atom. The van der Waals surface area contributed by atoms with Crippen molar-refractivity contribution in [1.82, 2.24) is 20.4 Å². The smallest absolute Gasteiger partial charge is 0.317 e. The quantitative estimate of drug-likeness (QED) is 0.805. The summed E-state index contributed by atoms with van der Waals surface area (Å²) in [5, 5.41) is 17.0. The number of rotatable bonds is 6. The third-order valence-corrected chi connectivity index (χ3v) is 5.18. The van der Waals surface area contributed by atoms with Gasteiger partial charge in [-0.15, -0.1) is 0 Å². The molecule has 1 atom stereocenters. The number of aliphatic hydroxyl groups is 1. The van der Waals surface area contributed by atoms with Gasteiger partial charge in [-0.25, -0.2) is 4.79 Å². The summed E-state index contributed by atoms with van der Waals surface area (Å²) in [5.74, 6) is 0.775. The van der Waals surface area contributed by atoms with E-state index in [2.05, 4.69) is 15.5 Å². The van der Waals surface area contributed by atoms with Crippen LogP contribution >= 0.6 is 11.6 Å². The summed E-state index contributed by atoms with van der Waals surface area (Å²) in [5.41, 5.74) is 0.636. The lowest BCUT2D eigenvalue weighted by Gasteiger charge is -2.42. The molecule has 0 radical (unpaired) electrons. The first kappa shape index (κ1) is 18.7. The van der Waals surface area contributed by atoms with Crippen molar-refractivity contribution >= 4 is 17.6 Å². The monoisotopic (exact) mass is 378 g/mol. The molecule has 0 bridgehead atoms. The summed E-state index contributed by atoms with van der Waals surface area (Å²) in [6.07, 6.45) is 3.00. The maximum Gasteiger partial charge on any atom is 0.317 e. The Kier molecular flexibility index (Phi) is 5.48. The van der Waals surface area contributed by atoms with E-state index in [1.165, 1.54) is 0 Å². The molecule has 1 aliphatic rings. The Morgan fingerprint density at radius 2 is 2.12 bits per heavy atom. The molecule has 8 heteroatoms. The number of halogens is 1. The number of hydrogen-bond donors (Lipinski definition) is 2. The highest BCUT2D eigenvalue weighted by molar-refractivity contribution is 6.30. The highest BCUT2D eigenvalue weighted by Crippen LogP contribution is 2.40. The van der Waals surface area contributed by atoms with Crippen LogP contribution in [-0.2, 0) is 0 Å². The molecule has 1 fully saturated rings. The molecule has 2 amide bonds. The summed E-state index contributed by atoms with van der Waals surface area (Å²) < 4.78 is 5.28. The number of amides is 2. The van der Waals surface area contributed by atoms with Gasteiger partial charge < -0.3 is 19.8 Å². The summed E-state index contributed by atoms with van der Waals surface area (Å²) in [4.78, 5) is 18.3. The number of carbonyl (C=O) groups is 1. The average molecular weight is 379 g/mol. The number of aliphatic hydroxyl groups excluding tert-OH is 1. The van der Waals surface area contributed by atoms with E-state index in [1.54, 1.807) is 43.1 Å². The van der Waals surface area contributed by atoms with Crippen molar-refractivity contribution in [3.63, 3.8) is 0 Å². The third kappa shape index (κ3) is 3.99. The van der Waals surface area contributed by atoms with Crippen LogP contribution < -0.4 is 5.32 Å². The molecule has 1 aliphatic carbocycles. The zero-order valence-corrected chi connectivity index (χ0v) is 15.7. The van der Waals surface area contributed by atoms with E-state index in [0.29, 0.717) is 23.3 Å². The van der Waals surface area contributed by atoms with E-state index in [4.69, 9.17) is 16.1 Å². The van der Waals surface area contributed by atoms with Crippen molar-refractivity contribution < 1.29 is 14.4 Å². The first-order valence-corrected chi connectivity index (χ1v) is 9.02. The maximum absolute atomic E-state index is 12.4. The molecule has 26 heavy (non-hydrogen) atoms. The lowest BCUT2D eigenvalue weighted by Crippen LogP contribution is -2.48.